The van der Waals surface area contributed by atoms with Crippen LogP contribution in [0.3, 0.4) is 0 Å². The molecular weight excluding hydrogens is 348 g/mol. The molecule has 5 aliphatic carbocycles. The highest BCUT2D eigenvalue weighted by molar-refractivity contribution is 6.03. The number of aliphatic hydroxyl groups excluding tert-OH is 1. The van der Waals surface area contributed by atoms with Gasteiger partial charge in [0.25, 0.3) is 0 Å². The lowest BCUT2D eigenvalue weighted by Gasteiger charge is -2.57. The van der Waals surface area contributed by atoms with Gasteiger partial charge in [-0.3, -0.25) is 9.59 Å². The molecule has 0 bridgehead atoms. The third-order valence-corrected chi connectivity index (χ3v) is 8.17. The third-order valence-electron chi connectivity index (χ3n) is 8.17. The van der Waals surface area contributed by atoms with Crippen LogP contribution in [0.1, 0.15) is 39.5 Å². The SMILES string of the molecule is C[C@]12C=CC(=O)C=C1CC[C@@H]1[C@@H]2[C@@H](O)C[C@]2(C)C(=O)/C(=C/[C]3[CH][CH][CH][CH]3)C[C@@H]12. The number of fused-ring (bicyclic) bond motifs is 5. The molecule has 0 unspecified atom stereocenters. The van der Waals surface area contributed by atoms with Gasteiger partial charge in [-0.05, 0) is 80.9 Å². The molecular formula is C25H27O3. The van der Waals surface area contributed by atoms with Crippen LogP contribution in [0.2, 0.25) is 0 Å². The van der Waals surface area contributed by atoms with Crippen molar-refractivity contribution < 1.29 is 14.7 Å². The van der Waals surface area contributed by atoms with E-state index in [9.17, 15) is 14.7 Å². The monoisotopic (exact) mass is 375 g/mol. The van der Waals surface area contributed by atoms with Crippen molar-refractivity contribution in [2.45, 2.75) is 45.6 Å². The molecule has 0 aliphatic heterocycles. The summed E-state index contributed by atoms with van der Waals surface area (Å²) in [5.41, 5.74) is 1.30. The number of aliphatic hydroxyl groups is 1. The van der Waals surface area contributed by atoms with Crippen molar-refractivity contribution in [3.8, 4) is 0 Å². The number of allylic oxidation sites excluding steroid dienone is 6. The van der Waals surface area contributed by atoms with Crippen LogP contribution >= 0.6 is 0 Å². The maximum Gasteiger partial charge on any atom is 0.178 e. The second kappa shape index (κ2) is 6.26. The highest BCUT2D eigenvalue weighted by Gasteiger charge is 2.62. The predicted octanol–water partition coefficient (Wildman–Crippen LogP) is 3.78. The van der Waals surface area contributed by atoms with Crippen molar-refractivity contribution in [1.82, 2.24) is 0 Å². The van der Waals surface area contributed by atoms with Gasteiger partial charge in [-0.25, -0.2) is 0 Å². The zero-order chi connectivity index (χ0) is 19.7. The first-order valence-corrected chi connectivity index (χ1v) is 10.4. The van der Waals surface area contributed by atoms with Crippen molar-refractivity contribution in [2.24, 2.45) is 28.6 Å². The maximum atomic E-state index is 13.4. The van der Waals surface area contributed by atoms with Gasteiger partial charge in [0.1, 0.15) is 0 Å². The Balaban J connectivity index is 1.50. The van der Waals surface area contributed by atoms with E-state index in [1.54, 1.807) is 12.2 Å². The van der Waals surface area contributed by atoms with E-state index in [0.717, 1.165) is 36.3 Å². The average Bonchev–Trinajstić information content (AvgIpc) is 3.24. The van der Waals surface area contributed by atoms with Crippen molar-refractivity contribution in [3.05, 3.63) is 67.1 Å². The van der Waals surface area contributed by atoms with Crippen molar-refractivity contribution in [1.29, 1.82) is 0 Å². The molecule has 6 atom stereocenters. The molecule has 5 aliphatic rings. The summed E-state index contributed by atoms with van der Waals surface area (Å²) in [7, 11) is 0. The van der Waals surface area contributed by atoms with Crippen LogP contribution in [0.25, 0.3) is 0 Å². The fraction of sp³-hybridized carbons (Fsp3) is 0.480. The number of hydrogen-bond donors (Lipinski definition) is 1. The quantitative estimate of drug-likeness (QED) is 0.710. The normalized spacial score (nSPS) is 47.1. The molecule has 0 aromatic heterocycles. The lowest BCUT2D eigenvalue weighted by atomic mass is 9.47. The first-order chi connectivity index (χ1) is 13.3. The molecule has 0 amide bonds. The minimum atomic E-state index is -0.528. The fourth-order valence-corrected chi connectivity index (χ4v) is 6.82. The molecule has 5 radical (unpaired) electrons. The molecule has 4 saturated carbocycles. The Morgan fingerprint density at radius 3 is 2.68 bits per heavy atom. The number of rotatable bonds is 1. The van der Waals surface area contributed by atoms with Gasteiger partial charge in [0.15, 0.2) is 11.6 Å². The van der Waals surface area contributed by atoms with Gasteiger partial charge >= 0.3 is 0 Å². The van der Waals surface area contributed by atoms with Crippen molar-refractivity contribution >= 4 is 11.6 Å². The summed E-state index contributed by atoms with van der Waals surface area (Å²) >= 11 is 0. The maximum absolute atomic E-state index is 13.4. The number of Topliss-reactive ketones (excluding diaryl/α,β-unsaturated/α-hetero) is 1. The molecule has 0 spiro atoms. The van der Waals surface area contributed by atoms with Crippen LogP contribution in [0.15, 0.2) is 35.5 Å². The second-order valence-electron chi connectivity index (χ2n) is 9.63. The topological polar surface area (TPSA) is 54.4 Å². The highest BCUT2D eigenvalue weighted by atomic mass is 16.3. The molecule has 0 saturated heterocycles. The minimum Gasteiger partial charge on any atom is -0.393 e. The smallest absolute Gasteiger partial charge is 0.178 e. The summed E-state index contributed by atoms with van der Waals surface area (Å²) in [5, 5.41) is 11.2. The van der Waals surface area contributed by atoms with Crippen LogP contribution in [0.4, 0.5) is 0 Å². The Hall–Kier alpha value is -1.48. The van der Waals surface area contributed by atoms with E-state index >= 15 is 0 Å². The van der Waals surface area contributed by atoms with Gasteiger partial charge in [0.05, 0.1) is 6.10 Å². The Morgan fingerprint density at radius 1 is 1.18 bits per heavy atom. The molecule has 0 aromatic carbocycles. The molecule has 3 nitrogen and oxygen atoms in total. The average molecular weight is 375 g/mol. The van der Waals surface area contributed by atoms with E-state index in [1.807, 2.05) is 37.8 Å². The van der Waals surface area contributed by atoms with E-state index in [-0.39, 0.29) is 28.8 Å². The van der Waals surface area contributed by atoms with E-state index in [2.05, 4.69) is 13.8 Å². The fourth-order valence-electron chi connectivity index (χ4n) is 6.82. The van der Waals surface area contributed by atoms with Gasteiger partial charge in [-0.1, -0.05) is 31.6 Å². The van der Waals surface area contributed by atoms with Crippen LogP contribution in [-0.2, 0) is 9.59 Å². The Labute approximate surface area is 168 Å². The van der Waals surface area contributed by atoms with Gasteiger partial charge in [0, 0.05) is 22.7 Å². The van der Waals surface area contributed by atoms with Crippen molar-refractivity contribution in [3.63, 3.8) is 0 Å². The van der Waals surface area contributed by atoms with Crippen LogP contribution in [0, 0.1) is 60.2 Å². The molecule has 0 heterocycles. The summed E-state index contributed by atoms with van der Waals surface area (Å²) in [4.78, 5) is 25.3. The standard InChI is InChI=1S/C25H27O3/c1-24-10-9-18(26)13-17(24)7-8-19-20-12-16(11-15-5-3-4-6-15)23(28)25(20,2)14-21(27)22(19)24/h3-6,9-11,13,19-22,27H,7-8,12,14H2,1-2H3/b16-11+/t19-,20-,21-,22+,24-,25-/m0/s1. The predicted molar refractivity (Wildman–Crippen MR) is 107 cm³/mol. The summed E-state index contributed by atoms with van der Waals surface area (Å²) in [5.74, 6) is 1.98. The van der Waals surface area contributed by atoms with Crippen molar-refractivity contribution in [2.75, 3.05) is 0 Å². The largest absolute Gasteiger partial charge is 0.393 e. The van der Waals surface area contributed by atoms with E-state index in [0.29, 0.717) is 12.3 Å². The van der Waals surface area contributed by atoms with E-state index in [4.69, 9.17) is 0 Å². The zero-order valence-electron chi connectivity index (χ0n) is 16.5. The Morgan fingerprint density at radius 2 is 1.93 bits per heavy atom. The Kier molecular flexibility index (Phi) is 4.14. The molecule has 145 valence electrons. The molecule has 28 heavy (non-hydrogen) atoms. The molecule has 5 rings (SSSR count). The summed E-state index contributed by atoms with van der Waals surface area (Å²) in [6.45, 7) is 4.24. The zero-order valence-corrected chi connectivity index (χ0v) is 16.5. The summed E-state index contributed by atoms with van der Waals surface area (Å²) < 4.78 is 0. The molecule has 3 heteroatoms. The van der Waals surface area contributed by atoms with Crippen LogP contribution in [0.5, 0.6) is 0 Å². The van der Waals surface area contributed by atoms with Crippen LogP contribution in [-0.4, -0.2) is 22.8 Å². The number of hydrogen-bond acceptors (Lipinski definition) is 3. The molecule has 1 N–H and O–H groups in total. The lowest BCUT2D eigenvalue weighted by Crippen LogP contribution is -2.56. The summed E-state index contributed by atoms with van der Waals surface area (Å²) in [6.07, 6.45) is 18.2. The Bertz CT molecular complexity index is 812. The molecule has 4 fully saturated rings. The number of carbonyl (C=O) groups is 2. The van der Waals surface area contributed by atoms with Gasteiger partial charge in [-0.2, -0.15) is 0 Å². The van der Waals surface area contributed by atoms with Crippen LogP contribution < -0.4 is 0 Å². The number of carbonyl (C=O) groups excluding carboxylic acids is 2. The minimum absolute atomic E-state index is 0.0528. The van der Waals surface area contributed by atoms with Gasteiger partial charge < -0.3 is 5.11 Å². The van der Waals surface area contributed by atoms with E-state index < -0.39 is 11.5 Å². The molecule has 0 aromatic rings. The third kappa shape index (κ3) is 2.51. The second-order valence-corrected chi connectivity index (χ2v) is 9.63. The first kappa shape index (κ1) is 18.5. The van der Waals surface area contributed by atoms with E-state index in [1.165, 1.54) is 0 Å². The van der Waals surface area contributed by atoms with Gasteiger partial charge in [0.2, 0.25) is 0 Å². The summed E-state index contributed by atoms with van der Waals surface area (Å²) in [6, 6.07) is 0. The number of ketones is 2. The highest BCUT2D eigenvalue weighted by Crippen LogP contribution is 2.64. The van der Waals surface area contributed by atoms with Gasteiger partial charge in [-0.15, -0.1) is 0 Å². The first-order valence-electron chi connectivity index (χ1n) is 10.4. The lowest BCUT2D eigenvalue weighted by molar-refractivity contribution is -0.141.